The van der Waals surface area contributed by atoms with E-state index in [0.29, 0.717) is 11.7 Å². The molecule has 1 saturated heterocycles. The molecule has 0 unspecified atom stereocenters. The molecule has 0 aliphatic carbocycles. The predicted molar refractivity (Wildman–Crippen MR) is 36.3 cm³/mol. The van der Waals surface area contributed by atoms with E-state index in [4.69, 9.17) is 11.1 Å². The third-order valence-electron chi connectivity index (χ3n) is 0.662. The average molecular weight is 160 g/mol. The predicted octanol–water partition coefficient (Wildman–Crippen LogP) is -0.894. The fourth-order valence-corrected chi connectivity index (χ4v) is 0.562. The first-order chi connectivity index (χ1) is 4.70. The van der Waals surface area contributed by atoms with Gasteiger partial charge >= 0.3 is 0 Å². The van der Waals surface area contributed by atoms with Crippen molar-refractivity contribution in [3.8, 4) is 0 Å². The second kappa shape index (κ2) is 4.54. The molecule has 1 fully saturated rings. The van der Waals surface area contributed by atoms with Crippen molar-refractivity contribution in [2.45, 2.75) is 0 Å². The maximum atomic E-state index is 10.2. The van der Waals surface area contributed by atoms with Crippen LogP contribution in [0.1, 0.15) is 0 Å². The van der Waals surface area contributed by atoms with Crippen molar-refractivity contribution in [2.75, 3.05) is 6.54 Å². The summed E-state index contributed by atoms with van der Waals surface area (Å²) in [5, 5.41) is 5.47. The van der Waals surface area contributed by atoms with Gasteiger partial charge in [0.15, 0.2) is 5.11 Å². The van der Waals surface area contributed by atoms with E-state index >= 15 is 0 Å². The monoisotopic (exact) mass is 160 g/mol. The molecule has 0 bridgehead atoms. The number of rotatable bonds is 0. The molecule has 7 heteroatoms. The molecular weight excluding hydrogens is 154 g/mol. The van der Waals surface area contributed by atoms with E-state index in [1.807, 2.05) is 4.91 Å². The second-order valence-corrected chi connectivity index (χ2v) is 1.75. The Bertz CT molecular complexity index is 169. The molecule has 0 atom stereocenters. The molecule has 0 saturated carbocycles. The Labute approximate surface area is 62.0 Å². The zero-order valence-corrected chi connectivity index (χ0v) is 5.79. The van der Waals surface area contributed by atoms with Crippen molar-refractivity contribution in [1.82, 2.24) is 15.5 Å². The lowest BCUT2D eigenvalue weighted by Gasteiger charge is -1.83. The van der Waals surface area contributed by atoms with Crippen LogP contribution in [-0.2, 0) is 4.79 Å². The molecule has 1 rings (SSSR count). The first kappa shape index (κ1) is 8.67. The van der Waals surface area contributed by atoms with Gasteiger partial charge in [-0.25, -0.2) is 0 Å². The third-order valence-corrected chi connectivity index (χ3v) is 0.909. The maximum absolute atomic E-state index is 10.2. The van der Waals surface area contributed by atoms with Crippen molar-refractivity contribution in [1.29, 1.82) is 11.1 Å². The van der Waals surface area contributed by atoms with E-state index in [1.54, 1.807) is 0 Å². The van der Waals surface area contributed by atoms with Gasteiger partial charge in [-0.2, -0.15) is 0 Å². The number of amides is 1. The highest BCUT2D eigenvalue weighted by Gasteiger charge is 2.10. The first-order valence-electron chi connectivity index (χ1n) is 2.31. The Balaban J connectivity index is 0.000000236. The van der Waals surface area contributed by atoms with Gasteiger partial charge < -0.3 is 10.6 Å². The van der Waals surface area contributed by atoms with Gasteiger partial charge in [-0.3, -0.25) is 4.79 Å². The molecule has 0 aromatic carbocycles. The third kappa shape index (κ3) is 3.65. The minimum atomic E-state index is -0.0509. The van der Waals surface area contributed by atoms with E-state index < -0.39 is 0 Å². The fraction of sp³-hybridized carbons (Fsp3) is 0.333. The van der Waals surface area contributed by atoms with Gasteiger partial charge in [-0.05, 0) is 12.2 Å². The number of carbonyl (C=O) groups is 1. The fourth-order valence-electron chi connectivity index (χ4n) is 0.376. The minimum Gasteiger partial charge on any atom is -0.353 e. The molecule has 1 aliphatic heterocycles. The summed E-state index contributed by atoms with van der Waals surface area (Å²) in [6.07, 6.45) is 0. The zero-order valence-electron chi connectivity index (χ0n) is 4.97. The minimum absolute atomic E-state index is 0.0509. The Kier molecular flexibility index (Phi) is 3.94. The highest BCUT2D eigenvalue weighted by molar-refractivity contribution is 7.80. The highest BCUT2D eigenvalue weighted by atomic mass is 32.1. The molecule has 1 amide bonds. The Morgan fingerprint density at radius 1 is 1.60 bits per heavy atom. The van der Waals surface area contributed by atoms with E-state index in [1.165, 1.54) is 0 Å². The summed E-state index contributed by atoms with van der Waals surface area (Å²) in [5.74, 6) is -0.0509. The Morgan fingerprint density at radius 2 is 2.10 bits per heavy atom. The van der Waals surface area contributed by atoms with E-state index in [-0.39, 0.29) is 5.91 Å². The molecule has 54 valence electrons. The molecule has 0 aromatic rings. The summed E-state index contributed by atoms with van der Waals surface area (Å²) in [6.45, 7) is 0.332. The van der Waals surface area contributed by atoms with Crippen LogP contribution >= 0.6 is 12.2 Å². The number of carbonyl (C=O) groups excluding carboxylic acids is 1. The summed E-state index contributed by atoms with van der Waals surface area (Å²) in [6, 6.07) is 0. The number of hydrogen-bond donors (Lipinski definition) is 4. The van der Waals surface area contributed by atoms with Gasteiger partial charge in [-0.15, -0.1) is 0 Å². The van der Waals surface area contributed by atoms with Crippen molar-refractivity contribution < 1.29 is 4.79 Å². The van der Waals surface area contributed by atoms with Crippen LogP contribution in [-0.4, -0.2) is 17.6 Å². The van der Waals surface area contributed by atoms with Crippen LogP contribution < -0.4 is 15.5 Å². The average Bonchev–Trinajstić information content (AvgIpc) is 2.17. The van der Waals surface area contributed by atoms with E-state index in [2.05, 4.69) is 22.9 Å². The number of thiocarbonyl (C=S) groups is 1. The van der Waals surface area contributed by atoms with Crippen molar-refractivity contribution in [2.24, 2.45) is 0 Å². The van der Waals surface area contributed by atoms with Crippen LogP contribution in [0.25, 0.3) is 0 Å². The Hall–Kier alpha value is -1.33. The van der Waals surface area contributed by atoms with E-state index in [9.17, 15) is 4.79 Å². The van der Waals surface area contributed by atoms with Gasteiger partial charge in [0.25, 0.3) is 0 Å². The zero-order chi connectivity index (χ0) is 7.98. The Morgan fingerprint density at radius 3 is 2.20 bits per heavy atom. The standard InChI is InChI=1S/C3H4N2OS.H2N3/c6-2-1-4-3(7)5-2;1-3-2/h1H2,(H2,4,5,6,7);1-2H/q;+1. The summed E-state index contributed by atoms with van der Waals surface area (Å²) >= 11 is 4.55. The summed E-state index contributed by atoms with van der Waals surface area (Å²) < 4.78 is 0. The SMILES string of the molecule is N=[N+]=N.O=C1CNC(=S)N1. The largest absolute Gasteiger partial charge is 0.353 e. The molecule has 1 aliphatic rings. The van der Waals surface area contributed by atoms with E-state index in [0.717, 1.165) is 0 Å². The highest BCUT2D eigenvalue weighted by Crippen LogP contribution is 1.75. The summed E-state index contributed by atoms with van der Waals surface area (Å²) in [4.78, 5) is 12.2. The summed E-state index contributed by atoms with van der Waals surface area (Å²) in [7, 11) is 0. The van der Waals surface area contributed by atoms with Gasteiger partial charge in [0.05, 0.1) is 6.54 Å². The van der Waals surface area contributed by atoms with Gasteiger partial charge in [0.1, 0.15) is 11.1 Å². The van der Waals surface area contributed by atoms with Crippen molar-refractivity contribution in [3.63, 3.8) is 0 Å². The first-order valence-corrected chi connectivity index (χ1v) is 2.72. The molecule has 0 radical (unpaired) electrons. The maximum Gasteiger partial charge on any atom is 0.245 e. The van der Waals surface area contributed by atoms with Gasteiger partial charge in [0, 0.05) is 0 Å². The molecule has 10 heavy (non-hydrogen) atoms. The molecule has 1 heterocycles. The van der Waals surface area contributed by atoms with Crippen LogP contribution in [0.2, 0.25) is 0 Å². The smallest absolute Gasteiger partial charge is 0.245 e. The lowest BCUT2D eigenvalue weighted by atomic mass is 10.7. The lowest BCUT2D eigenvalue weighted by molar-refractivity contribution is -0.117. The summed E-state index contributed by atoms with van der Waals surface area (Å²) in [5.41, 5.74) is 11.0. The van der Waals surface area contributed by atoms with Crippen LogP contribution in [0.3, 0.4) is 0 Å². The van der Waals surface area contributed by atoms with Crippen LogP contribution in [0.4, 0.5) is 0 Å². The number of nitrogens with one attached hydrogen (secondary N) is 4. The molecule has 0 spiro atoms. The second-order valence-electron chi connectivity index (χ2n) is 1.34. The lowest BCUT2D eigenvalue weighted by Crippen LogP contribution is -2.21. The molecule has 4 N–H and O–H groups in total. The van der Waals surface area contributed by atoms with Crippen LogP contribution in [0, 0.1) is 11.1 Å². The number of nitrogens with zero attached hydrogens (tertiary/aromatic N) is 1. The van der Waals surface area contributed by atoms with Crippen molar-refractivity contribution >= 4 is 23.2 Å². The quantitative estimate of drug-likeness (QED) is 0.210. The normalized spacial score (nSPS) is 14.0. The van der Waals surface area contributed by atoms with Gasteiger partial charge in [-0.1, -0.05) is 0 Å². The molecular formula is C3H6N5OS+. The van der Waals surface area contributed by atoms with Crippen LogP contribution in [0.15, 0.2) is 0 Å². The number of hydrogen-bond acceptors (Lipinski definition) is 4. The molecule has 0 aromatic heterocycles. The van der Waals surface area contributed by atoms with Crippen molar-refractivity contribution in [3.05, 3.63) is 0 Å². The van der Waals surface area contributed by atoms with Gasteiger partial charge in [0.2, 0.25) is 10.8 Å². The topological polar surface area (TPSA) is 103 Å². The van der Waals surface area contributed by atoms with Crippen LogP contribution in [0.5, 0.6) is 0 Å². The molecule has 6 nitrogen and oxygen atoms in total.